The van der Waals surface area contributed by atoms with Gasteiger partial charge >= 0.3 is 0 Å². The lowest BCUT2D eigenvalue weighted by Gasteiger charge is -2.06. The summed E-state index contributed by atoms with van der Waals surface area (Å²) in [5.41, 5.74) is -0.0170. The number of hydrogen-bond donors (Lipinski definition) is 2. The Balaban J connectivity index is 2.61. The minimum Gasteiger partial charge on any atom is -0.282 e. The fourth-order valence-electron chi connectivity index (χ4n) is 2.06. The molecular weight excluding hydrogens is 406 g/mol. The maximum atomic E-state index is 11.5. The second kappa shape index (κ2) is 7.50. The maximum absolute atomic E-state index is 11.5. The van der Waals surface area contributed by atoms with Gasteiger partial charge in [0.05, 0.1) is 5.69 Å². The van der Waals surface area contributed by atoms with E-state index in [-0.39, 0.29) is 21.8 Å². The van der Waals surface area contributed by atoms with Crippen LogP contribution in [0, 0.1) is 0 Å². The van der Waals surface area contributed by atoms with Crippen molar-refractivity contribution >= 4 is 55.8 Å². The highest BCUT2D eigenvalue weighted by Gasteiger charge is 2.17. The summed E-state index contributed by atoms with van der Waals surface area (Å²) in [5.74, 6) is 0. The molecule has 0 saturated heterocycles. The van der Waals surface area contributed by atoms with Gasteiger partial charge in [-0.3, -0.25) is 9.11 Å². The van der Waals surface area contributed by atoms with Gasteiger partial charge in [0.15, 0.2) is 0 Å². The molecule has 0 amide bonds. The Hall–Kier alpha value is -2.33. The molecule has 0 unspecified atom stereocenters. The number of hydrogen-bond acceptors (Lipinski definition) is 6. The molecule has 0 aromatic heterocycles. The van der Waals surface area contributed by atoms with Gasteiger partial charge in [-0.1, -0.05) is 35.9 Å². The van der Waals surface area contributed by atoms with E-state index in [4.69, 9.17) is 11.6 Å². The zero-order chi connectivity index (χ0) is 19.5. The molecule has 0 aliphatic carbocycles. The van der Waals surface area contributed by atoms with E-state index >= 15 is 0 Å². The van der Waals surface area contributed by atoms with Gasteiger partial charge in [-0.15, -0.1) is 0 Å². The smallest absolute Gasteiger partial charge is 0.282 e. The number of isocyanates is 1. The van der Waals surface area contributed by atoms with E-state index in [1.54, 1.807) is 0 Å². The summed E-state index contributed by atoms with van der Waals surface area (Å²) in [6.45, 7) is 0. The topological polar surface area (TPSA) is 138 Å². The second-order valence-corrected chi connectivity index (χ2v) is 8.11. The van der Waals surface area contributed by atoms with Crippen molar-refractivity contribution in [2.75, 3.05) is 0 Å². The summed E-state index contributed by atoms with van der Waals surface area (Å²) < 4.78 is 64.5. The van der Waals surface area contributed by atoms with Crippen molar-refractivity contribution in [3.8, 4) is 0 Å². The Kier molecular flexibility index (Phi) is 5.77. The number of carbonyl (C=O) groups excluding carboxylic acids is 1. The minimum absolute atomic E-state index is 0.00594. The van der Waals surface area contributed by atoms with Gasteiger partial charge in [-0.2, -0.15) is 21.8 Å². The summed E-state index contributed by atoms with van der Waals surface area (Å²) in [6, 6.07) is 7.21. The van der Waals surface area contributed by atoms with Crippen LogP contribution in [0.25, 0.3) is 12.2 Å². The van der Waals surface area contributed by atoms with Crippen molar-refractivity contribution in [1.29, 1.82) is 0 Å². The maximum Gasteiger partial charge on any atom is 0.295 e. The van der Waals surface area contributed by atoms with Gasteiger partial charge in [0.2, 0.25) is 6.08 Å². The molecule has 0 fully saturated rings. The fraction of sp³-hybridized carbons (Fsp3) is 0. The van der Waals surface area contributed by atoms with E-state index in [1.807, 2.05) is 0 Å². The van der Waals surface area contributed by atoms with E-state index in [0.29, 0.717) is 0 Å². The van der Waals surface area contributed by atoms with Crippen LogP contribution in [0.2, 0.25) is 5.02 Å². The Labute approximate surface area is 154 Å². The van der Waals surface area contributed by atoms with Crippen LogP contribution in [0.3, 0.4) is 0 Å². The molecule has 0 heterocycles. The van der Waals surface area contributed by atoms with E-state index in [9.17, 15) is 30.7 Å². The molecule has 11 heteroatoms. The largest absolute Gasteiger partial charge is 0.295 e. The first-order valence-electron chi connectivity index (χ1n) is 6.67. The number of benzene rings is 2. The molecule has 2 aromatic carbocycles. The molecular formula is C15H10ClNO7S2. The molecule has 0 atom stereocenters. The normalized spacial score (nSPS) is 12.1. The van der Waals surface area contributed by atoms with Crippen LogP contribution in [0.5, 0.6) is 0 Å². The highest BCUT2D eigenvalue weighted by atomic mass is 35.5. The fourth-order valence-corrected chi connectivity index (χ4v) is 3.71. The minimum atomic E-state index is -4.65. The third-order valence-corrected chi connectivity index (χ3v) is 5.20. The van der Waals surface area contributed by atoms with E-state index in [0.717, 1.165) is 12.1 Å². The van der Waals surface area contributed by atoms with Gasteiger partial charge in [-0.25, -0.2) is 4.79 Å². The summed E-state index contributed by atoms with van der Waals surface area (Å²) in [7, 11) is -9.23. The molecule has 136 valence electrons. The average Bonchev–Trinajstić information content (AvgIpc) is 2.53. The lowest BCUT2D eigenvalue weighted by Crippen LogP contribution is -2.01. The average molecular weight is 416 g/mol. The van der Waals surface area contributed by atoms with E-state index in [1.165, 1.54) is 42.5 Å². The predicted octanol–water partition coefficient (Wildman–Crippen LogP) is 2.97. The van der Waals surface area contributed by atoms with Crippen LogP contribution in [-0.4, -0.2) is 32.0 Å². The molecule has 2 rings (SSSR count). The zero-order valence-electron chi connectivity index (χ0n) is 12.7. The predicted molar refractivity (Wildman–Crippen MR) is 94.2 cm³/mol. The molecule has 0 radical (unpaired) electrons. The molecule has 2 aromatic rings. The summed E-state index contributed by atoms with van der Waals surface area (Å²) in [6.07, 6.45) is 3.66. The van der Waals surface area contributed by atoms with Gasteiger partial charge in [0.1, 0.15) is 9.79 Å². The molecule has 0 aliphatic heterocycles. The van der Waals surface area contributed by atoms with Crippen molar-refractivity contribution in [1.82, 2.24) is 0 Å². The molecule has 0 bridgehead atoms. The van der Waals surface area contributed by atoms with Crippen LogP contribution in [0.15, 0.2) is 51.2 Å². The van der Waals surface area contributed by atoms with Crippen LogP contribution in [-0.2, 0) is 25.0 Å². The number of aliphatic imine (C=N–C) groups is 1. The van der Waals surface area contributed by atoms with Gasteiger partial charge in [0.25, 0.3) is 20.2 Å². The summed E-state index contributed by atoms with van der Waals surface area (Å²) in [5, 5.41) is 0.0736. The summed E-state index contributed by atoms with van der Waals surface area (Å²) >= 11 is 5.72. The molecule has 0 spiro atoms. The highest BCUT2D eigenvalue weighted by Crippen LogP contribution is 2.26. The molecule has 0 aliphatic rings. The van der Waals surface area contributed by atoms with Gasteiger partial charge in [0, 0.05) is 5.02 Å². The van der Waals surface area contributed by atoms with Crippen molar-refractivity contribution in [3.63, 3.8) is 0 Å². The van der Waals surface area contributed by atoms with Crippen LogP contribution in [0.1, 0.15) is 11.1 Å². The molecule has 2 N–H and O–H groups in total. The Morgan fingerprint density at radius 3 is 1.88 bits per heavy atom. The van der Waals surface area contributed by atoms with Crippen LogP contribution in [0.4, 0.5) is 5.69 Å². The monoisotopic (exact) mass is 415 g/mol. The third kappa shape index (κ3) is 4.85. The van der Waals surface area contributed by atoms with Gasteiger partial charge < -0.3 is 0 Å². The Morgan fingerprint density at radius 1 is 0.885 bits per heavy atom. The highest BCUT2D eigenvalue weighted by molar-refractivity contribution is 7.86. The van der Waals surface area contributed by atoms with Gasteiger partial charge in [-0.05, 0) is 35.4 Å². The molecule has 0 saturated carbocycles. The number of halogens is 1. The first kappa shape index (κ1) is 20.0. The van der Waals surface area contributed by atoms with E-state index < -0.39 is 30.0 Å². The van der Waals surface area contributed by atoms with Crippen molar-refractivity contribution in [2.24, 2.45) is 4.99 Å². The van der Waals surface area contributed by atoms with E-state index in [2.05, 4.69) is 4.99 Å². The van der Waals surface area contributed by atoms with Crippen LogP contribution < -0.4 is 0 Å². The van der Waals surface area contributed by atoms with Crippen molar-refractivity contribution in [2.45, 2.75) is 9.79 Å². The first-order valence-corrected chi connectivity index (χ1v) is 9.93. The Bertz CT molecular complexity index is 1150. The van der Waals surface area contributed by atoms with Crippen molar-refractivity contribution < 1.29 is 30.7 Å². The zero-order valence-corrected chi connectivity index (χ0v) is 15.1. The molecule has 26 heavy (non-hydrogen) atoms. The summed E-state index contributed by atoms with van der Waals surface area (Å²) in [4.78, 5) is 12.5. The first-order chi connectivity index (χ1) is 12.0. The lowest BCUT2D eigenvalue weighted by atomic mass is 10.1. The quantitative estimate of drug-likeness (QED) is 0.331. The molecule has 8 nitrogen and oxygen atoms in total. The Morgan fingerprint density at radius 2 is 1.38 bits per heavy atom. The second-order valence-electron chi connectivity index (χ2n) is 4.89. The SMILES string of the molecule is O=C=Nc1ccc(C=Cc2ccc(Cl)cc2S(=O)(=O)O)c(S(=O)(=O)O)c1. The number of nitrogens with zero attached hydrogens (tertiary/aromatic N) is 1. The standard InChI is InChI=1S/C15H10ClNO7S2/c16-12-5-3-10(14(7-12)25(19,20)21)1-2-11-4-6-13(17-9-18)8-15(11)26(22,23)24/h1-8H,(H,19,20,21)(H,22,23,24). The number of rotatable bonds is 5. The third-order valence-electron chi connectivity index (χ3n) is 3.15. The van der Waals surface area contributed by atoms with Crippen molar-refractivity contribution in [3.05, 3.63) is 52.5 Å². The van der Waals surface area contributed by atoms with Crippen LogP contribution >= 0.6 is 11.6 Å². The lowest BCUT2D eigenvalue weighted by molar-refractivity contribution is 0.480.